The predicted octanol–water partition coefficient (Wildman–Crippen LogP) is 3.59. The van der Waals surface area contributed by atoms with Crippen molar-refractivity contribution in [2.75, 3.05) is 7.11 Å². The Balaban J connectivity index is 2.47. The van der Waals surface area contributed by atoms with E-state index in [1.54, 1.807) is 14.0 Å². The summed E-state index contributed by atoms with van der Waals surface area (Å²) in [6, 6.07) is 15.2. The fourth-order valence-electron chi connectivity index (χ4n) is 2.53. The number of carbonyl (C=O) groups is 1. The lowest BCUT2D eigenvalue weighted by Gasteiger charge is -2.26. The second-order valence-corrected chi connectivity index (χ2v) is 5.50. The molecular formula is C18H20O3. The average molecular weight is 284 g/mol. The van der Waals surface area contributed by atoms with Crippen molar-refractivity contribution < 1.29 is 14.6 Å². The monoisotopic (exact) mass is 284 g/mol. The van der Waals surface area contributed by atoms with Gasteiger partial charge < -0.3 is 9.84 Å². The molecule has 3 heteroatoms. The Morgan fingerprint density at radius 2 is 1.86 bits per heavy atom. The van der Waals surface area contributed by atoms with Crippen LogP contribution in [0.25, 0.3) is 0 Å². The maximum atomic E-state index is 11.9. The molecule has 0 aliphatic rings. The van der Waals surface area contributed by atoms with Gasteiger partial charge in [-0.3, -0.25) is 4.79 Å². The van der Waals surface area contributed by atoms with E-state index in [9.17, 15) is 9.90 Å². The van der Waals surface area contributed by atoms with Crippen LogP contribution >= 0.6 is 0 Å². The summed E-state index contributed by atoms with van der Waals surface area (Å²) in [5.41, 5.74) is 1.81. The molecular weight excluding hydrogens is 264 g/mol. The zero-order valence-corrected chi connectivity index (χ0v) is 12.6. The molecule has 0 saturated heterocycles. The van der Waals surface area contributed by atoms with Gasteiger partial charge in [-0.25, -0.2) is 0 Å². The van der Waals surface area contributed by atoms with Crippen molar-refractivity contribution in [1.82, 2.24) is 0 Å². The molecule has 2 aromatic rings. The zero-order chi connectivity index (χ0) is 15.5. The van der Waals surface area contributed by atoms with Crippen molar-refractivity contribution in [2.24, 2.45) is 0 Å². The third-order valence-electron chi connectivity index (χ3n) is 3.86. The van der Waals surface area contributed by atoms with E-state index >= 15 is 0 Å². The number of benzene rings is 2. The van der Waals surface area contributed by atoms with Crippen LogP contribution in [-0.2, 0) is 16.6 Å². The van der Waals surface area contributed by atoms with Crippen LogP contribution in [0.15, 0.2) is 48.5 Å². The van der Waals surface area contributed by atoms with Gasteiger partial charge in [0.05, 0.1) is 12.5 Å². The summed E-state index contributed by atoms with van der Waals surface area (Å²) in [5, 5.41) is 9.74. The van der Waals surface area contributed by atoms with Gasteiger partial charge in [0, 0.05) is 0 Å². The summed E-state index contributed by atoms with van der Waals surface area (Å²) >= 11 is 0. The number of hydrogen-bond donors (Lipinski definition) is 1. The highest BCUT2D eigenvalue weighted by Crippen LogP contribution is 2.32. The highest BCUT2D eigenvalue weighted by Gasteiger charge is 2.36. The molecule has 0 aromatic heterocycles. The first-order valence-corrected chi connectivity index (χ1v) is 6.90. The second-order valence-electron chi connectivity index (χ2n) is 5.50. The lowest BCUT2D eigenvalue weighted by atomic mass is 9.77. The molecule has 0 saturated carbocycles. The molecule has 0 aliphatic carbocycles. The molecule has 2 aromatic carbocycles. The van der Waals surface area contributed by atoms with E-state index < -0.39 is 11.4 Å². The lowest BCUT2D eigenvalue weighted by molar-refractivity contribution is -0.143. The third kappa shape index (κ3) is 3.07. The molecule has 0 aliphatic heterocycles. The summed E-state index contributed by atoms with van der Waals surface area (Å²) < 4.78 is 5.37. The predicted molar refractivity (Wildman–Crippen MR) is 82.9 cm³/mol. The van der Waals surface area contributed by atoms with Crippen LogP contribution in [0.4, 0.5) is 0 Å². The Morgan fingerprint density at radius 3 is 2.43 bits per heavy atom. The number of carboxylic acids is 1. The molecule has 110 valence electrons. The molecule has 0 bridgehead atoms. The van der Waals surface area contributed by atoms with Gasteiger partial charge in [0.2, 0.25) is 0 Å². The van der Waals surface area contributed by atoms with Crippen LogP contribution in [0.5, 0.6) is 5.75 Å². The Kier molecular flexibility index (Phi) is 4.32. The standard InChI is InChI=1S/C18H20O3/c1-13-9-10-16(21-3)14(11-13)12-18(2,17(19)20)15-7-5-4-6-8-15/h4-11H,12H2,1-3H3,(H,19,20). The Hall–Kier alpha value is -2.29. The van der Waals surface area contributed by atoms with Crippen molar-refractivity contribution in [1.29, 1.82) is 0 Å². The summed E-state index contributed by atoms with van der Waals surface area (Å²) in [6.07, 6.45) is 0.386. The minimum atomic E-state index is -0.984. The first-order valence-electron chi connectivity index (χ1n) is 6.90. The summed E-state index contributed by atoms with van der Waals surface area (Å²) in [4.78, 5) is 11.9. The van der Waals surface area contributed by atoms with Crippen molar-refractivity contribution in [3.63, 3.8) is 0 Å². The van der Waals surface area contributed by atoms with E-state index in [4.69, 9.17) is 4.74 Å². The largest absolute Gasteiger partial charge is 0.496 e. The molecule has 21 heavy (non-hydrogen) atoms. The Morgan fingerprint density at radius 1 is 1.19 bits per heavy atom. The van der Waals surface area contributed by atoms with Crippen LogP contribution in [0, 0.1) is 6.92 Å². The van der Waals surface area contributed by atoms with E-state index in [0.717, 1.165) is 22.4 Å². The van der Waals surface area contributed by atoms with Crippen molar-refractivity contribution in [3.05, 3.63) is 65.2 Å². The molecule has 3 nitrogen and oxygen atoms in total. The van der Waals surface area contributed by atoms with Crippen molar-refractivity contribution >= 4 is 5.97 Å². The van der Waals surface area contributed by atoms with Gasteiger partial charge in [0.25, 0.3) is 0 Å². The molecule has 0 spiro atoms. The summed E-state index contributed by atoms with van der Waals surface area (Å²) in [6.45, 7) is 3.75. The number of rotatable bonds is 5. The summed E-state index contributed by atoms with van der Waals surface area (Å²) in [7, 11) is 1.61. The number of aliphatic carboxylic acids is 1. The van der Waals surface area contributed by atoms with Gasteiger partial charge in [0.1, 0.15) is 5.75 Å². The smallest absolute Gasteiger partial charge is 0.314 e. The number of carboxylic acid groups (broad SMARTS) is 1. The van der Waals surface area contributed by atoms with Gasteiger partial charge in [-0.1, -0.05) is 48.0 Å². The second kappa shape index (κ2) is 6.00. The molecule has 1 N–H and O–H groups in total. The first-order chi connectivity index (χ1) is 9.97. The summed E-state index contributed by atoms with van der Waals surface area (Å²) in [5.74, 6) is -0.110. The molecule has 2 rings (SSSR count). The van der Waals surface area contributed by atoms with Gasteiger partial charge in [-0.05, 0) is 37.5 Å². The highest BCUT2D eigenvalue weighted by molar-refractivity contribution is 5.81. The van der Waals surface area contributed by atoms with Crippen LogP contribution in [0.1, 0.15) is 23.6 Å². The molecule has 1 atom stereocenters. The number of methoxy groups -OCH3 is 1. The maximum Gasteiger partial charge on any atom is 0.314 e. The van der Waals surface area contributed by atoms with E-state index in [1.165, 1.54) is 0 Å². The maximum absolute atomic E-state index is 11.9. The zero-order valence-electron chi connectivity index (χ0n) is 12.6. The SMILES string of the molecule is COc1ccc(C)cc1CC(C)(C(=O)O)c1ccccc1. The fourth-order valence-corrected chi connectivity index (χ4v) is 2.53. The topological polar surface area (TPSA) is 46.5 Å². The van der Waals surface area contributed by atoms with Crippen molar-refractivity contribution in [3.8, 4) is 5.75 Å². The third-order valence-corrected chi connectivity index (χ3v) is 3.86. The number of aryl methyl sites for hydroxylation is 1. The lowest BCUT2D eigenvalue weighted by Crippen LogP contribution is -2.35. The quantitative estimate of drug-likeness (QED) is 0.912. The number of ether oxygens (including phenoxy) is 1. The van der Waals surface area contributed by atoms with Gasteiger partial charge in [-0.2, -0.15) is 0 Å². The molecule has 0 amide bonds. The van der Waals surface area contributed by atoms with Gasteiger partial charge >= 0.3 is 5.97 Å². The van der Waals surface area contributed by atoms with Crippen molar-refractivity contribution in [2.45, 2.75) is 25.7 Å². The van der Waals surface area contributed by atoms with Crippen LogP contribution in [0.2, 0.25) is 0 Å². The van der Waals surface area contributed by atoms with E-state index in [2.05, 4.69) is 0 Å². The molecule has 0 fully saturated rings. The molecule has 0 heterocycles. The molecule has 1 unspecified atom stereocenters. The van der Waals surface area contributed by atoms with E-state index in [1.807, 2.05) is 55.5 Å². The average Bonchev–Trinajstić information content (AvgIpc) is 2.48. The Labute approximate surface area is 125 Å². The van der Waals surface area contributed by atoms with Crippen LogP contribution in [0.3, 0.4) is 0 Å². The van der Waals surface area contributed by atoms with Gasteiger partial charge in [0.15, 0.2) is 0 Å². The first kappa shape index (κ1) is 15.1. The highest BCUT2D eigenvalue weighted by atomic mass is 16.5. The van der Waals surface area contributed by atoms with E-state index in [-0.39, 0.29) is 0 Å². The van der Waals surface area contributed by atoms with E-state index in [0.29, 0.717) is 6.42 Å². The van der Waals surface area contributed by atoms with Gasteiger partial charge in [-0.15, -0.1) is 0 Å². The van der Waals surface area contributed by atoms with Crippen LogP contribution < -0.4 is 4.74 Å². The fraction of sp³-hybridized carbons (Fsp3) is 0.278. The number of hydrogen-bond acceptors (Lipinski definition) is 2. The minimum Gasteiger partial charge on any atom is -0.496 e. The Bertz CT molecular complexity index is 634. The molecule has 0 radical (unpaired) electrons. The van der Waals surface area contributed by atoms with Crippen LogP contribution in [-0.4, -0.2) is 18.2 Å². The minimum absolute atomic E-state index is 0.386. The normalized spacial score (nSPS) is 13.5.